The van der Waals surface area contributed by atoms with Crippen LogP contribution in [0.4, 0.5) is 0 Å². The maximum absolute atomic E-state index is 12.3. The Kier molecular flexibility index (Phi) is 15.2. The van der Waals surface area contributed by atoms with Gasteiger partial charge in [0.1, 0.15) is 0 Å². The molecule has 0 aliphatic rings. The highest BCUT2D eigenvalue weighted by molar-refractivity contribution is 7.86. The molecule has 0 heterocycles. The zero-order valence-electron chi connectivity index (χ0n) is 19.9. The molecule has 1 aromatic carbocycles. The highest BCUT2D eigenvalue weighted by Crippen LogP contribution is 2.21. The van der Waals surface area contributed by atoms with Crippen LogP contribution in [0.15, 0.2) is 23.1 Å². The maximum atomic E-state index is 12.3. The average Bonchev–Trinajstić information content (AvgIpc) is 2.72. The molecule has 0 saturated carbocycles. The Morgan fingerprint density at radius 3 is 1.57 bits per heavy atom. The number of hydrogen-bond acceptors (Lipinski definition) is 3. The van der Waals surface area contributed by atoms with Crippen LogP contribution in [0.2, 0.25) is 0 Å². The molecule has 3 nitrogen and oxygen atoms in total. The first-order valence-electron chi connectivity index (χ1n) is 12.4. The summed E-state index contributed by atoms with van der Waals surface area (Å²) in [6, 6.07) is 5.32. The van der Waals surface area contributed by atoms with Gasteiger partial charge in [0.15, 0.2) is 0 Å². The second-order valence-electron chi connectivity index (χ2n) is 8.78. The fourth-order valence-electron chi connectivity index (χ4n) is 3.88. The minimum absolute atomic E-state index is 0.286. The molecule has 4 heteroatoms. The minimum atomic E-state index is -3.63. The molecular formula is C26H46O3S. The summed E-state index contributed by atoms with van der Waals surface area (Å²) in [5, 5.41) is 0. The Bertz CT molecular complexity index is 652. The highest BCUT2D eigenvalue weighted by atomic mass is 32.2. The van der Waals surface area contributed by atoms with Gasteiger partial charge in [0.2, 0.25) is 0 Å². The molecule has 0 fully saturated rings. The van der Waals surface area contributed by atoms with Gasteiger partial charge in [0.05, 0.1) is 11.5 Å². The average molecular weight is 439 g/mol. The van der Waals surface area contributed by atoms with Gasteiger partial charge in [0.25, 0.3) is 10.1 Å². The zero-order chi connectivity index (χ0) is 22.1. The van der Waals surface area contributed by atoms with E-state index in [-0.39, 0.29) is 6.61 Å². The lowest BCUT2D eigenvalue weighted by atomic mass is 10.0. The summed E-state index contributed by atoms with van der Waals surface area (Å²) in [6.07, 6.45) is 20.9. The van der Waals surface area contributed by atoms with Gasteiger partial charge in [-0.05, 0) is 37.5 Å². The van der Waals surface area contributed by atoms with Crippen molar-refractivity contribution >= 4 is 10.1 Å². The molecule has 0 aliphatic carbocycles. The molecule has 174 valence electrons. The summed E-state index contributed by atoms with van der Waals surface area (Å²) in [6.45, 7) is 6.31. The molecular weight excluding hydrogens is 392 g/mol. The highest BCUT2D eigenvalue weighted by Gasteiger charge is 2.18. The number of benzene rings is 1. The Morgan fingerprint density at radius 1 is 0.667 bits per heavy atom. The van der Waals surface area contributed by atoms with Gasteiger partial charge in [-0.2, -0.15) is 8.42 Å². The predicted octanol–water partition coefficient (Wildman–Crippen LogP) is 8.27. The van der Waals surface area contributed by atoms with Gasteiger partial charge in [-0.25, -0.2) is 0 Å². The molecule has 0 atom stereocenters. The van der Waals surface area contributed by atoms with Crippen molar-refractivity contribution in [2.45, 2.75) is 128 Å². The van der Waals surface area contributed by atoms with Crippen LogP contribution in [0.25, 0.3) is 0 Å². The van der Waals surface area contributed by atoms with Gasteiger partial charge >= 0.3 is 0 Å². The van der Waals surface area contributed by atoms with E-state index in [2.05, 4.69) is 6.92 Å². The van der Waals surface area contributed by atoms with Crippen molar-refractivity contribution in [3.8, 4) is 0 Å². The Balaban J connectivity index is 1.93. The normalized spacial score (nSPS) is 11.8. The van der Waals surface area contributed by atoms with Crippen molar-refractivity contribution in [3.63, 3.8) is 0 Å². The van der Waals surface area contributed by atoms with Gasteiger partial charge in [-0.15, -0.1) is 0 Å². The minimum Gasteiger partial charge on any atom is -0.266 e. The van der Waals surface area contributed by atoms with Gasteiger partial charge in [-0.3, -0.25) is 4.18 Å². The van der Waals surface area contributed by atoms with Crippen LogP contribution in [-0.4, -0.2) is 15.0 Å². The molecule has 0 saturated heterocycles. The van der Waals surface area contributed by atoms with E-state index < -0.39 is 10.1 Å². The molecule has 0 radical (unpaired) electrons. The van der Waals surface area contributed by atoms with Crippen molar-refractivity contribution in [1.29, 1.82) is 0 Å². The van der Waals surface area contributed by atoms with Gasteiger partial charge in [-0.1, -0.05) is 115 Å². The second-order valence-corrected chi connectivity index (χ2v) is 10.4. The fraction of sp³-hybridized carbons (Fsp3) is 0.769. The first kappa shape index (κ1) is 27.2. The Labute approximate surface area is 187 Å². The van der Waals surface area contributed by atoms with E-state index in [4.69, 9.17) is 4.18 Å². The summed E-state index contributed by atoms with van der Waals surface area (Å²) in [7, 11) is -3.63. The molecule has 0 spiro atoms. The van der Waals surface area contributed by atoms with Crippen LogP contribution in [0.5, 0.6) is 0 Å². The molecule has 0 N–H and O–H groups in total. The molecule has 0 unspecified atom stereocenters. The van der Waals surface area contributed by atoms with E-state index >= 15 is 0 Å². The molecule has 30 heavy (non-hydrogen) atoms. The lowest BCUT2D eigenvalue weighted by molar-refractivity contribution is 0.306. The quantitative estimate of drug-likeness (QED) is 0.161. The van der Waals surface area contributed by atoms with Crippen LogP contribution >= 0.6 is 0 Å². The monoisotopic (exact) mass is 438 g/mol. The zero-order valence-corrected chi connectivity index (χ0v) is 20.7. The van der Waals surface area contributed by atoms with Crippen LogP contribution < -0.4 is 0 Å². The van der Waals surface area contributed by atoms with Crippen LogP contribution in [0.3, 0.4) is 0 Å². The third-order valence-corrected chi connectivity index (χ3v) is 7.52. The van der Waals surface area contributed by atoms with Crippen LogP contribution in [0.1, 0.15) is 121 Å². The topological polar surface area (TPSA) is 43.4 Å². The second kappa shape index (κ2) is 16.8. The van der Waals surface area contributed by atoms with Gasteiger partial charge in [0, 0.05) is 0 Å². The van der Waals surface area contributed by atoms with Crippen LogP contribution in [0, 0.1) is 13.8 Å². The molecule has 0 aliphatic heterocycles. The third-order valence-electron chi connectivity index (χ3n) is 6.06. The van der Waals surface area contributed by atoms with Crippen molar-refractivity contribution in [2.24, 2.45) is 0 Å². The predicted molar refractivity (Wildman–Crippen MR) is 129 cm³/mol. The van der Waals surface area contributed by atoms with E-state index in [0.717, 1.165) is 24.0 Å². The molecule has 0 amide bonds. The standard InChI is InChI=1S/C26H46O3S/c1-4-5-6-7-8-9-10-11-12-13-14-15-16-17-18-19-23-29-30(27,28)26-22-20-21-24(2)25(26)3/h20-22H,4-19,23H2,1-3H3. The lowest BCUT2D eigenvalue weighted by Crippen LogP contribution is -2.09. The number of aryl methyl sites for hydroxylation is 1. The SMILES string of the molecule is CCCCCCCCCCCCCCCCCCOS(=O)(=O)c1cccc(C)c1C. The van der Waals surface area contributed by atoms with Crippen molar-refractivity contribution in [1.82, 2.24) is 0 Å². The van der Waals surface area contributed by atoms with Crippen molar-refractivity contribution in [2.75, 3.05) is 6.61 Å². The first-order valence-corrected chi connectivity index (χ1v) is 13.9. The molecule has 1 aromatic rings. The number of hydrogen-bond donors (Lipinski definition) is 0. The fourth-order valence-corrected chi connectivity index (χ4v) is 5.12. The maximum Gasteiger partial charge on any atom is 0.297 e. The number of unbranched alkanes of at least 4 members (excludes halogenated alkanes) is 15. The Morgan fingerprint density at radius 2 is 1.10 bits per heavy atom. The summed E-state index contributed by atoms with van der Waals surface area (Å²) < 4.78 is 29.9. The third kappa shape index (κ3) is 12.1. The van der Waals surface area contributed by atoms with E-state index in [1.807, 2.05) is 19.9 Å². The first-order chi connectivity index (χ1) is 14.5. The van der Waals surface area contributed by atoms with E-state index in [1.54, 1.807) is 12.1 Å². The van der Waals surface area contributed by atoms with E-state index in [9.17, 15) is 8.42 Å². The summed E-state index contributed by atoms with van der Waals surface area (Å²) >= 11 is 0. The van der Waals surface area contributed by atoms with Crippen molar-refractivity contribution < 1.29 is 12.6 Å². The van der Waals surface area contributed by atoms with E-state index in [0.29, 0.717) is 4.90 Å². The van der Waals surface area contributed by atoms with Crippen molar-refractivity contribution in [3.05, 3.63) is 29.3 Å². The number of rotatable bonds is 19. The molecule has 0 aromatic heterocycles. The van der Waals surface area contributed by atoms with Crippen LogP contribution in [-0.2, 0) is 14.3 Å². The largest absolute Gasteiger partial charge is 0.297 e. The lowest BCUT2D eigenvalue weighted by Gasteiger charge is -2.10. The molecule has 1 rings (SSSR count). The van der Waals surface area contributed by atoms with E-state index in [1.165, 1.54) is 89.9 Å². The Hall–Kier alpha value is -0.870. The summed E-state index contributed by atoms with van der Waals surface area (Å²) in [5.41, 5.74) is 1.76. The smallest absolute Gasteiger partial charge is 0.266 e. The summed E-state index contributed by atoms with van der Waals surface area (Å²) in [5.74, 6) is 0. The van der Waals surface area contributed by atoms with Gasteiger partial charge < -0.3 is 0 Å². The summed E-state index contributed by atoms with van der Waals surface area (Å²) in [4.78, 5) is 0.305. The molecule has 0 bridgehead atoms.